The van der Waals surface area contributed by atoms with E-state index in [-0.39, 0.29) is 0 Å². The Hall–Kier alpha value is 0. The molecular formula is C16H34. The van der Waals surface area contributed by atoms with Crippen LogP contribution < -0.4 is 0 Å². The highest BCUT2D eigenvalue weighted by Crippen LogP contribution is 2.21. The normalized spacial score (nSPS) is 15.0. The van der Waals surface area contributed by atoms with Crippen LogP contribution in [0, 0.1) is 11.8 Å². The van der Waals surface area contributed by atoms with Crippen molar-refractivity contribution in [1.29, 1.82) is 0 Å². The van der Waals surface area contributed by atoms with Gasteiger partial charge in [0.15, 0.2) is 0 Å². The van der Waals surface area contributed by atoms with Crippen molar-refractivity contribution in [3.8, 4) is 0 Å². The van der Waals surface area contributed by atoms with Crippen molar-refractivity contribution >= 4 is 0 Å². The predicted octanol–water partition coefficient (Wildman–Crippen LogP) is 6.20. The molecular weight excluding hydrogens is 192 g/mol. The number of hydrogen-bond acceptors (Lipinski definition) is 0. The molecule has 0 amide bonds. The van der Waals surface area contributed by atoms with E-state index in [1.165, 1.54) is 64.2 Å². The Balaban J connectivity index is 3.26. The van der Waals surface area contributed by atoms with Crippen LogP contribution in [0.1, 0.15) is 91.9 Å². The zero-order valence-electron chi connectivity index (χ0n) is 12.2. The molecule has 98 valence electrons. The molecule has 0 aliphatic rings. The maximum atomic E-state index is 2.44. The lowest BCUT2D eigenvalue weighted by molar-refractivity contribution is 0.364. The molecule has 16 heavy (non-hydrogen) atoms. The van der Waals surface area contributed by atoms with Crippen LogP contribution in [-0.4, -0.2) is 0 Å². The van der Waals surface area contributed by atoms with Gasteiger partial charge in [0.25, 0.3) is 0 Å². The van der Waals surface area contributed by atoms with Crippen molar-refractivity contribution in [3.05, 3.63) is 0 Å². The van der Waals surface area contributed by atoms with Crippen molar-refractivity contribution in [2.24, 2.45) is 11.8 Å². The standard InChI is InChI=1S/C16H34/c1-5-7-8-9-10-11-13-16(4)14-15(3)12-6-2/h15-16H,5-14H2,1-4H3. The van der Waals surface area contributed by atoms with Gasteiger partial charge in [0.05, 0.1) is 0 Å². The molecule has 0 aliphatic carbocycles. The lowest BCUT2D eigenvalue weighted by atomic mass is 9.90. The summed E-state index contributed by atoms with van der Waals surface area (Å²) in [6, 6.07) is 0. The van der Waals surface area contributed by atoms with E-state index in [9.17, 15) is 0 Å². The van der Waals surface area contributed by atoms with Crippen LogP contribution in [-0.2, 0) is 0 Å². The van der Waals surface area contributed by atoms with Gasteiger partial charge in [0.1, 0.15) is 0 Å². The molecule has 0 heteroatoms. The molecule has 0 nitrogen and oxygen atoms in total. The SMILES string of the molecule is CCCCCCCCC(C)CC(C)CCC. The van der Waals surface area contributed by atoms with E-state index in [0.717, 1.165) is 11.8 Å². The summed E-state index contributed by atoms with van der Waals surface area (Å²) in [6.45, 7) is 9.45. The molecule has 0 spiro atoms. The summed E-state index contributed by atoms with van der Waals surface area (Å²) >= 11 is 0. The fraction of sp³-hybridized carbons (Fsp3) is 1.00. The summed E-state index contributed by atoms with van der Waals surface area (Å²) < 4.78 is 0. The maximum Gasteiger partial charge on any atom is -0.0440 e. The highest BCUT2D eigenvalue weighted by molar-refractivity contribution is 4.60. The second kappa shape index (κ2) is 11.5. The van der Waals surface area contributed by atoms with Gasteiger partial charge < -0.3 is 0 Å². The maximum absolute atomic E-state index is 2.44. The van der Waals surface area contributed by atoms with Crippen LogP contribution in [0.4, 0.5) is 0 Å². The molecule has 0 N–H and O–H groups in total. The van der Waals surface area contributed by atoms with Crippen LogP contribution in [0.3, 0.4) is 0 Å². The van der Waals surface area contributed by atoms with Crippen molar-refractivity contribution in [2.75, 3.05) is 0 Å². The Morgan fingerprint density at radius 1 is 0.625 bits per heavy atom. The first-order valence-electron chi connectivity index (χ1n) is 7.70. The van der Waals surface area contributed by atoms with Crippen LogP contribution in [0.25, 0.3) is 0 Å². The lowest BCUT2D eigenvalue weighted by Gasteiger charge is -2.16. The van der Waals surface area contributed by atoms with Crippen LogP contribution >= 0.6 is 0 Å². The van der Waals surface area contributed by atoms with Gasteiger partial charge in [-0.3, -0.25) is 0 Å². The Bertz CT molecular complexity index is 128. The Labute approximate surface area is 104 Å². The third kappa shape index (κ3) is 10.5. The summed E-state index contributed by atoms with van der Waals surface area (Å²) in [4.78, 5) is 0. The van der Waals surface area contributed by atoms with Gasteiger partial charge in [-0.2, -0.15) is 0 Å². The van der Waals surface area contributed by atoms with Crippen molar-refractivity contribution in [3.63, 3.8) is 0 Å². The largest absolute Gasteiger partial charge is 0.0654 e. The first-order chi connectivity index (χ1) is 7.70. The quantitative estimate of drug-likeness (QED) is 0.368. The Morgan fingerprint density at radius 3 is 1.81 bits per heavy atom. The zero-order valence-corrected chi connectivity index (χ0v) is 12.2. The number of unbranched alkanes of at least 4 members (excludes halogenated alkanes) is 5. The number of rotatable bonds is 11. The summed E-state index contributed by atoms with van der Waals surface area (Å²) in [5.74, 6) is 1.90. The Morgan fingerprint density at radius 2 is 1.19 bits per heavy atom. The smallest absolute Gasteiger partial charge is 0.0440 e. The van der Waals surface area contributed by atoms with Crippen LogP contribution in [0.5, 0.6) is 0 Å². The van der Waals surface area contributed by atoms with E-state index >= 15 is 0 Å². The molecule has 0 rings (SSSR count). The van der Waals surface area contributed by atoms with E-state index in [1.54, 1.807) is 0 Å². The minimum Gasteiger partial charge on any atom is -0.0654 e. The topological polar surface area (TPSA) is 0 Å². The monoisotopic (exact) mass is 226 g/mol. The molecule has 0 saturated carbocycles. The second-order valence-electron chi connectivity index (χ2n) is 5.79. The predicted molar refractivity (Wildman–Crippen MR) is 75.8 cm³/mol. The van der Waals surface area contributed by atoms with Gasteiger partial charge in [0, 0.05) is 0 Å². The molecule has 0 aliphatic heterocycles. The first kappa shape index (κ1) is 16.0. The highest BCUT2D eigenvalue weighted by Gasteiger charge is 2.07. The van der Waals surface area contributed by atoms with E-state index < -0.39 is 0 Å². The van der Waals surface area contributed by atoms with Crippen molar-refractivity contribution < 1.29 is 0 Å². The molecule has 0 aromatic heterocycles. The Kier molecular flexibility index (Phi) is 11.5. The summed E-state index contributed by atoms with van der Waals surface area (Å²) in [5, 5.41) is 0. The summed E-state index contributed by atoms with van der Waals surface area (Å²) in [7, 11) is 0. The molecule has 0 aromatic carbocycles. The molecule has 0 heterocycles. The third-order valence-electron chi connectivity index (χ3n) is 3.64. The molecule has 0 fully saturated rings. The second-order valence-corrected chi connectivity index (χ2v) is 5.79. The first-order valence-corrected chi connectivity index (χ1v) is 7.70. The molecule has 0 radical (unpaired) electrons. The third-order valence-corrected chi connectivity index (χ3v) is 3.64. The minimum atomic E-state index is 0.945. The van der Waals surface area contributed by atoms with E-state index in [2.05, 4.69) is 27.7 Å². The van der Waals surface area contributed by atoms with Gasteiger partial charge in [-0.15, -0.1) is 0 Å². The van der Waals surface area contributed by atoms with Crippen molar-refractivity contribution in [1.82, 2.24) is 0 Å². The fourth-order valence-corrected chi connectivity index (χ4v) is 2.69. The van der Waals surface area contributed by atoms with E-state index in [4.69, 9.17) is 0 Å². The van der Waals surface area contributed by atoms with Gasteiger partial charge in [-0.1, -0.05) is 85.5 Å². The summed E-state index contributed by atoms with van der Waals surface area (Å²) in [6.07, 6.45) is 14.3. The highest BCUT2D eigenvalue weighted by atomic mass is 14.1. The van der Waals surface area contributed by atoms with Gasteiger partial charge in [-0.25, -0.2) is 0 Å². The minimum absolute atomic E-state index is 0.945. The zero-order chi connectivity index (χ0) is 12.2. The average molecular weight is 226 g/mol. The van der Waals surface area contributed by atoms with Crippen LogP contribution in [0.15, 0.2) is 0 Å². The molecule has 0 bridgehead atoms. The molecule has 0 saturated heterocycles. The lowest BCUT2D eigenvalue weighted by Crippen LogP contribution is -2.03. The van der Waals surface area contributed by atoms with Crippen LogP contribution in [0.2, 0.25) is 0 Å². The fourth-order valence-electron chi connectivity index (χ4n) is 2.69. The molecule has 2 atom stereocenters. The van der Waals surface area contributed by atoms with Crippen molar-refractivity contribution in [2.45, 2.75) is 91.9 Å². The van der Waals surface area contributed by atoms with Gasteiger partial charge in [-0.05, 0) is 18.3 Å². The number of hydrogen-bond donors (Lipinski definition) is 0. The summed E-state index contributed by atoms with van der Waals surface area (Å²) in [5.41, 5.74) is 0. The van der Waals surface area contributed by atoms with Gasteiger partial charge in [0.2, 0.25) is 0 Å². The van der Waals surface area contributed by atoms with E-state index in [0.29, 0.717) is 0 Å². The van der Waals surface area contributed by atoms with Gasteiger partial charge >= 0.3 is 0 Å². The van der Waals surface area contributed by atoms with E-state index in [1.807, 2.05) is 0 Å². The molecule has 2 unspecified atom stereocenters. The molecule has 0 aromatic rings. The average Bonchev–Trinajstić information content (AvgIpc) is 2.23.